The molecule has 1 atom stereocenters. The van der Waals surface area contributed by atoms with Crippen molar-refractivity contribution in [1.82, 2.24) is 10.6 Å². The van der Waals surface area contributed by atoms with E-state index in [0.717, 1.165) is 50.9 Å². The Balaban J connectivity index is 3.18. The van der Waals surface area contributed by atoms with Gasteiger partial charge < -0.3 is 10.6 Å². The van der Waals surface area contributed by atoms with E-state index in [1.54, 1.807) is 6.26 Å². The van der Waals surface area contributed by atoms with Crippen LogP contribution in [0.2, 0.25) is 0 Å². The SMILES string of the molecule is CSCCCCCCNC(=O)NCCCCCCS(C)=O. The molecule has 0 saturated carbocycles. The second kappa shape index (κ2) is 16.1. The van der Waals surface area contributed by atoms with Gasteiger partial charge >= 0.3 is 6.03 Å². The van der Waals surface area contributed by atoms with Gasteiger partial charge in [-0.2, -0.15) is 11.8 Å². The van der Waals surface area contributed by atoms with Gasteiger partial charge in [0.2, 0.25) is 0 Å². The molecule has 2 N–H and O–H groups in total. The highest BCUT2D eigenvalue weighted by molar-refractivity contribution is 7.98. The zero-order valence-corrected chi connectivity index (χ0v) is 15.3. The van der Waals surface area contributed by atoms with Crippen molar-refractivity contribution in [2.24, 2.45) is 0 Å². The monoisotopic (exact) mass is 336 g/mol. The van der Waals surface area contributed by atoms with E-state index >= 15 is 0 Å². The number of nitrogens with one attached hydrogen (secondary N) is 2. The third-order valence-corrected chi connectivity index (χ3v) is 4.77. The van der Waals surface area contributed by atoms with Crippen LogP contribution in [-0.2, 0) is 10.8 Å². The molecule has 0 aromatic carbocycles. The van der Waals surface area contributed by atoms with Crippen molar-refractivity contribution in [1.29, 1.82) is 0 Å². The molecule has 0 aliphatic carbocycles. The Morgan fingerprint density at radius 2 is 1.43 bits per heavy atom. The summed E-state index contributed by atoms with van der Waals surface area (Å²) >= 11 is 1.89. The molecule has 0 aliphatic heterocycles. The standard InChI is InChI=1S/C15H32N2O2S2/c1-20-13-9-5-3-7-11-16-15(18)17-12-8-4-6-10-14-21(2)19/h3-14H2,1-2H3,(H2,16,17,18). The van der Waals surface area contributed by atoms with Crippen molar-refractivity contribution in [3.8, 4) is 0 Å². The topological polar surface area (TPSA) is 58.2 Å². The van der Waals surface area contributed by atoms with Crippen LogP contribution in [0, 0.1) is 0 Å². The molecule has 4 nitrogen and oxygen atoms in total. The van der Waals surface area contributed by atoms with Gasteiger partial charge in [0, 0.05) is 35.9 Å². The molecule has 2 amide bonds. The first-order valence-electron chi connectivity index (χ1n) is 7.97. The molecule has 0 aromatic heterocycles. The van der Waals surface area contributed by atoms with E-state index in [4.69, 9.17) is 0 Å². The lowest BCUT2D eigenvalue weighted by Crippen LogP contribution is -2.36. The number of thioether (sulfide) groups is 1. The number of rotatable bonds is 14. The van der Waals surface area contributed by atoms with Crippen molar-refractivity contribution in [2.45, 2.75) is 51.4 Å². The predicted octanol–water partition coefficient (Wildman–Crippen LogP) is 3.15. The summed E-state index contributed by atoms with van der Waals surface area (Å²) in [6, 6.07) is -0.0474. The molecule has 126 valence electrons. The van der Waals surface area contributed by atoms with Crippen LogP contribution in [0.5, 0.6) is 0 Å². The Morgan fingerprint density at radius 3 is 1.95 bits per heavy atom. The lowest BCUT2D eigenvalue weighted by molar-refractivity contribution is 0.240. The number of unbranched alkanes of at least 4 members (excludes halogenated alkanes) is 6. The summed E-state index contributed by atoms with van der Waals surface area (Å²) in [6.07, 6.45) is 12.9. The number of hydrogen-bond donors (Lipinski definition) is 2. The summed E-state index contributed by atoms with van der Waals surface area (Å²) in [5.41, 5.74) is 0. The van der Waals surface area contributed by atoms with Gasteiger partial charge in [-0.05, 0) is 37.7 Å². The molecule has 21 heavy (non-hydrogen) atoms. The fourth-order valence-electron chi connectivity index (χ4n) is 1.98. The van der Waals surface area contributed by atoms with Gasteiger partial charge in [-0.15, -0.1) is 0 Å². The van der Waals surface area contributed by atoms with Crippen LogP contribution < -0.4 is 10.6 Å². The smallest absolute Gasteiger partial charge is 0.314 e. The predicted molar refractivity (Wildman–Crippen MR) is 95.7 cm³/mol. The highest BCUT2D eigenvalue weighted by Gasteiger charge is 1.99. The van der Waals surface area contributed by atoms with Crippen LogP contribution in [0.4, 0.5) is 4.79 Å². The van der Waals surface area contributed by atoms with E-state index in [0.29, 0.717) is 0 Å². The minimum Gasteiger partial charge on any atom is -0.338 e. The third kappa shape index (κ3) is 17.7. The molecule has 0 saturated heterocycles. The number of carbonyl (C=O) groups excluding carboxylic acids is 1. The summed E-state index contributed by atoms with van der Waals surface area (Å²) in [7, 11) is -0.669. The number of carbonyl (C=O) groups is 1. The minimum atomic E-state index is -0.669. The van der Waals surface area contributed by atoms with Gasteiger partial charge in [0.05, 0.1) is 0 Å². The van der Waals surface area contributed by atoms with Crippen LogP contribution in [0.15, 0.2) is 0 Å². The van der Waals surface area contributed by atoms with Crippen molar-refractivity contribution in [2.75, 3.05) is 37.1 Å². The number of urea groups is 1. The van der Waals surface area contributed by atoms with Crippen molar-refractivity contribution in [3.05, 3.63) is 0 Å². The molecule has 0 bridgehead atoms. The lowest BCUT2D eigenvalue weighted by Gasteiger charge is -2.07. The minimum absolute atomic E-state index is 0.0474. The Hall–Kier alpha value is -0.230. The van der Waals surface area contributed by atoms with E-state index in [9.17, 15) is 9.00 Å². The summed E-state index contributed by atoms with van der Waals surface area (Å²) < 4.78 is 10.9. The van der Waals surface area contributed by atoms with Crippen LogP contribution in [0.3, 0.4) is 0 Å². The summed E-state index contributed by atoms with van der Waals surface area (Å²) in [5.74, 6) is 2.03. The van der Waals surface area contributed by atoms with E-state index < -0.39 is 10.8 Å². The Bertz CT molecular complexity index is 276. The third-order valence-electron chi connectivity index (χ3n) is 3.20. The molecule has 0 spiro atoms. The first-order chi connectivity index (χ1) is 10.2. The highest BCUT2D eigenvalue weighted by Crippen LogP contribution is 2.03. The Morgan fingerprint density at radius 1 is 0.905 bits per heavy atom. The molecule has 0 radical (unpaired) electrons. The Labute approximate surface area is 137 Å². The normalized spacial score (nSPS) is 12.1. The second-order valence-electron chi connectivity index (χ2n) is 5.28. The number of hydrogen-bond acceptors (Lipinski definition) is 3. The molecule has 1 unspecified atom stereocenters. The van der Waals surface area contributed by atoms with E-state index in [1.165, 1.54) is 25.0 Å². The van der Waals surface area contributed by atoms with Crippen molar-refractivity contribution in [3.63, 3.8) is 0 Å². The zero-order valence-electron chi connectivity index (χ0n) is 13.6. The summed E-state index contributed by atoms with van der Waals surface area (Å²) in [6.45, 7) is 1.50. The first-order valence-corrected chi connectivity index (χ1v) is 11.1. The second-order valence-corrected chi connectivity index (χ2v) is 7.82. The quantitative estimate of drug-likeness (QED) is 0.479. The van der Waals surface area contributed by atoms with Crippen molar-refractivity contribution < 1.29 is 9.00 Å². The molecule has 0 fully saturated rings. The van der Waals surface area contributed by atoms with Gasteiger partial charge in [0.25, 0.3) is 0 Å². The lowest BCUT2D eigenvalue weighted by atomic mass is 10.2. The van der Waals surface area contributed by atoms with Crippen molar-refractivity contribution >= 4 is 28.6 Å². The maximum absolute atomic E-state index is 11.5. The Kier molecular flexibility index (Phi) is 16.0. The molecule has 0 aliphatic rings. The van der Waals surface area contributed by atoms with Gasteiger partial charge in [0.15, 0.2) is 0 Å². The average Bonchev–Trinajstić information content (AvgIpc) is 2.45. The largest absolute Gasteiger partial charge is 0.338 e. The van der Waals surface area contributed by atoms with Gasteiger partial charge in [-0.3, -0.25) is 4.21 Å². The van der Waals surface area contributed by atoms with E-state index in [1.807, 2.05) is 11.8 Å². The summed E-state index contributed by atoms with van der Waals surface area (Å²) in [4.78, 5) is 11.5. The first kappa shape index (κ1) is 20.8. The molecular formula is C15H32N2O2S2. The van der Waals surface area contributed by atoms with Crippen LogP contribution in [0.25, 0.3) is 0 Å². The van der Waals surface area contributed by atoms with Crippen LogP contribution >= 0.6 is 11.8 Å². The molecule has 0 aromatic rings. The van der Waals surface area contributed by atoms with Gasteiger partial charge in [-0.1, -0.05) is 25.7 Å². The zero-order chi connectivity index (χ0) is 15.8. The highest BCUT2D eigenvalue weighted by atomic mass is 32.2. The van der Waals surface area contributed by atoms with Gasteiger partial charge in [0.1, 0.15) is 0 Å². The van der Waals surface area contributed by atoms with E-state index in [-0.39, 0.29) is 6.03 Å². The molecular weight excluding hydrogens is 304 g/mol. The molecule has 6 heteroatoms. The average molecular weight is 337 g/mol. The molecule has 0 rings (SSSR count). The van der Waals surface area contributed by atoms with Gasteiger partial charge in [-0.25, -0.2) is 4.79 Å². The fraction of sp³-hybridized carbons (Fsp3) is 0.933. The summed E-state index contributed by atoms with van der Waals surface area (Å²) in [5, 5.41) is 5.78. The van der Waals surface area contributed by atoms with Crippen LogP contribution in [-0.4, -0.2) is 47.3 Å². The van der Waals surface area contributed by atoms with E-state index in [2.05, 4.69) is 16.9 Å². The maximum Gasteiger partial charge on any atom is 0.314 e. The van der Waals surface area contributed by atoms with Crippen LogP contribution in [0.1, 0.15) is 51.4 Å². The maximum atomic E-state index is 11.5. The fourth-order valence-corrected chi connectivity index (χ4v) is 3.08. The molecule has 0 heterocycles. The number of amides is 2.